The molecule has 4 N–H and O–H groups in total. The summed E-state index contributed by atoms with van der Waals surface area (Å²) in [6.45, 7) is 0.539. The van der Waals surface area contributed by atoms with Gasteiger partial charge < -0.3 is 20.9 Å². The zero-order valence-electron chi connectivity index (χ0n) is 9.14. The van der Waals surface area contributed by atoms with Crippen molar-refractivity contribution in [1.29, 1.82) is 0 Å². The summed E-state index contributed by atoms with van der Waals surface area (Å²) in [6.07, 6.45) is -0.614. The maximum absolute atomic E-state index is 11.5. The van der Waals surface area contributed by atoms with Crippen LogP contribution in [0.4, 0.5) is 0 Å². The van der Waals surface area contributed by atoms with E-state index in [1.54, 1.807) is 24.3 Å². The molecule has 5 nitrogen and oxygen atoms in total. The Morgan fingerprint density at radius 1 is 1.50 bits per heavy atom. The highest BCUT2D eigenvalue weighted by molar-refractivity contribution is 5.80. The molecule has 0 aromatic heterocycles. The number of amides is 1. The maximum Gasteiger partial charge on any atom is 0.250 e. The topological polar surface area (TPSA) is 84.6 Å². The van der Waals surface area contributed by atoms with E-state index < -0.39 is 6.10 Å². The van der Waals surface area contributed by atoms with Crippen molar-refractivity contribution in [2.45, 2.75) is 12.6 Å². The Morgan fingerprint density at radius 2 is 2.12 bits per heavy atom. The number of carbonyl (C=O) groups excluding carboxylic acids is 1. The van der Waals surface area contributed by atoms with Crippen LogP contribution in [0.15, 0.2) is 24.3 Å². The van der Waals surface area contributed by atoms with E-state index in [4.69, 9.17) is 15.6 Å². The largest absolute Gasteiger partial charge is 0.508 e. The third kappa shape index (κ3) is 3.52. The maximum atomic E-state index is 11.5. The number of rotatable bonds is 5. The number of nitrogens with two attached hydrogens (primary N) is 1. The normalized spacial score (nSPS) is 12.1. The van der Waals surface area contributed by atoms with Gasteiger partial charge in [-0.05, 0) is 17.7 Å². The number of carbonyl (C=O) groups is 1. The zero-order chi connectivity index (χ0) is 12.0. The lowest BCUT2D eigenvalue weighted by Gasteiger charge is -2.12. The Morgan fingerprint density at radius 3 is 2.62 bits per heavy atom. The number of hydrogen-bond donors (Lipinski definition) is 3. The molecule has 0 bridgehead atoms. The van der Waals surface area contributed by atoms with Gasteiger partial charge in [-0.15, -0.1) is 0 Å². The van der Waals surface area contributed by atoms with Crippen LogP contribution in [-0.2, 0) is 16.1 Å². The van der Waals surface area contributed by atoms with E-state index in [-0.39, 0.29) is 18.2 Å². The molecule has 1 rings (SSSR count). The third-order valence-electron chi connectivity index (χ3n) is 2.19. The molecule has 0 aliphatic rings. The molecule has 0 radical (unpaired) electrons. The smallest absolute Gasteiger partial charge is 0.250 e. The van der Waals surface area contributed by atoms with Crippen molar-refractivity contribution in [3.8, 4) is 5.75 Å². The van der Waals surface area contributed by atoms with Crippen molar-refractivity contribution >= 4 is 5.91 Å². The second-order valence-electron chi connectivity index (χ2n) is 3.34. The number of phenols is 1. The van der Waals surface area contributed by atoms with Crippen LogP contribution in [-0.4, -0.2) is 30.8 Å². The van der Waals surface area contributed by atoms with Gasteiger partial charge in [-0.3, -0.25) is 4.79 Å². The summed E-state index contributed by atoms with van der Waals surface area (Å²) in [4.78, 5) is 11.5. The van der Waals surface area contributed by atoms with Gasteiger partial charge in [-0.1, -0.05) is 12.1 Å². The number of aromatic hydroxyl groups is 1. The lowest BCUT2D eigenvalue weighted by Crippen LogP contribution is -2.40. The molecule has 0 heterocycles. The molecule has 0 saturated carbocycles. The standard InChI is InChI=1S/C11H16N2O3/c1-16-10(6-12)11(15)13-7-8-2-4-9(14)5-3-8/h2-5,10,14H,6-7,12H2,1H3,(H,13,15). The third-order valence-corrected chi connectivity index (χ3v) is 2.19. The van der Waals surface area contributed by atoms with Crippen LogP contribution in [0.25, 0.3) is 0 Å². The number of phenolic OH excluding ortho intramolecular Hbond substituents is 1. The summed E-state index contributed by atoms with van der Waals surface area (Å²) in [5.74, 6) is -0.0372. The van der Waals surface area contributed by atoms with E-state index >= 15 is 0 Å². The quantitative estimate of drug-likeness (QED) is 0.656. The van der Waals surface area contributed by atoms with Gasteiger partial charge in [0.25, 0.3) is 5.91 Å². The van der Waals surface area contributed by atoms with Crippen LogP contribution in [0.5, 0.6) is 5.75 Å². The van der Waals surface area contributed by atoms with Crippen molar-refractivity contribution in [3.05, 3.63) is 29.8 Å². The van der Waals surface area contributed by atoms with Gasteiger partial charge in [0.2, 0.25) is 0 Å². The van der Waals surface area contributed by atoms with Crippen LogP contribution in [0.1, 0.15) is 5.56 Å². The Kier molecular flexibility index (Phi) is 4.75. The van der Waals surface area contributed by atoms with Crippen LogP contribution >= 0.6 is 0 Å². The van der Waals surface area contributed by atoms with Gasteiger partial charge in [0.15, 0.2) is 0 Å². The average molecular weight is 224 g/mol. The van der Waals surface area contributed by atoms with Gasteiger partial charge in [-0.25, -0.2) is 0 Å². The summed E-state index contributed by atoms with van der Waals surface area (Å²) >= 11 is 0. The van der Waals surface area contributed by atoms with E-state index in [1.807, 2.05) is 0 Å². The van der Waals surface area contributed by atoms with Crippen molar-refractivity contribution in [2.75, 3.05) is 13.7 Å². The van der Waals surface area contributed by atoms with E-state index in [2.05, 4.69) is 5.32 Å². The second-order valence-corrected chi connectivity index (χ2v) is 3.34. The molecular weight excluding hydrogens is 208 g/mol. The molecule has 0 spiro atoms. The molecule has 1 unspecified atom stereocenters. The molecule has 88 valence electrons. The minimum absolute atomic E-state index is 0.151. The predicted molar refractivity (Wildman–Crippen MR) is 59.8 cm³/mol. The minimum atomic E-state index is -0.614. The first-order valence-corrected chi connectivity index (χ1v) is 4.96. The average Bonchev–Trinajstić information content (AvgIpc) is 2.30. The van der Waals surface area contributed by atoms with Crippen molar-refractivity contribution in [2.24, 2.45) is 5.73 Å². The number of hydrogen-bond acceptors (Lipinski definition) is 4. The minimum Gasteiger partial charge on any atom is -0.508 e. The fourth-order valence-electron chi connectivity index (χ4n) is 1.23. The zero-order valence-corrected chi connectivity index (χ0v) is 9.14. The van der Waals surface area contributed by atoms with E-state index in [9.17, 15) is 4.79 Å². The first-order chi connectivity index (χ1) is 7.67. The molecule has 0 fully saturated rings. The molecular formula is C11H16N2O3. The van der Waals surface area contributed by atoms with E-state index in [1.165, 1.54) is 7.11 Å². The fourth-order valence-corrected chi connectivity index (χ4v) is 1.23. The highest BCUT2D eigenvalue weighted by Crippen LogP contribution is 2.09. The van der Waals surface area contributed by atoms with Crippen LogP contribution in [0.2, 0.25) is 0 Å². The summed E-state index contributed by atoms with van der Waals surface area (Å²) in [5.41, 5.74) is 6.26. The van der Waals surface area contributed by atoms with E-state index in [0.717, 1.165) is 5.56 Å². The second kappa shape index (κ2) is 6.09. The van der Waals surface area contributed by atoms with Crippen LogP contribution in [0, 0.1) is 0 Å². The number of nitrogens with one attached hydrogen (secondary N) is 1. The lowest BCUT2D eigenvalue weighted by molar-refractivity contribution is -0.130. The van der Waals surface area contributed by atoms with Crippen LogP contribution in [0.3, 0.4) is 0 Å². The monoisotopic (exact) mass is 224 g/mol. The number of ether oxygens (including phenoxy) is 1. The molecule has 0 saturated heterocycles. The Labute approximate surface area is 94.2 Å². The van der Waals surface area contributed by atoms with Gasteiger partial charge in [0.1, 0.15) is 11.9 Å². The van der Waals surface area contributed by atoms with Crippen LogP contribution < -0.4 is 11.1 Å². The molecule has 1 aromatic carbocycles. The lowest BCUT2D eigenvalue weighted by atomic mass is 10.2. The van der Waals surface area contributed by atoms with Crippen molar-refractivity contribution in [1.82, 2.24) is 5.32 Å². The van der Waals surface area contributed by atoms with Gasteiger partial charge in [0, 0.05) is 20.2 Å². The Balaban J connectivity index is 2.45. The molecule has 0 aliphatic carbocycles. The molecule has 1 atom stereocenters. The highest BCUT2D eigenvalue weighted by atomic mass is 16.5. The molecule has 16 heavy (non-hydrogen) atoms. The Hall–Kier alpha value is -1.59. The van der Waals surface area contributed by atoms with Crippen molar-refractivity contribution in [3.63, 3.8) is 0 Å². The van der Waals surface area contributed by atoms with Crippen molar-refractivity contribution < 1.29 is 14.6 Å². The number of methoxy groups -OCH3 is 1. The predicted octanol–water partition coefficient (Wildman–Crippen LogP) is -0.0179. The molecule has 0 aliphatic heterocycles. The van der Waals surface area contributed by atoms with E-state index in [0.29, 0.717) is 6.54 Å². The Bertz CT molecular complexity index is 334. The first kappa shape index (κ1) is 12.5. The van der Waals surface area contributed by atoms with Gasteiger partial charge in [0.05, 0.1) is 0 Å². The summed E-state index contributed by atoms with van der Waals surface area (Å²) in [7, 11) is 1.44. The highest BCUT2D eigenvalue weighted by Gasteiger charge is 2.14. The molecule has 1 aromatic rings. The van der Waals surface area contributed by atoms with Gasteiger partial charge in [-0.2, -0.15) is 0 Å². The van der Waals surface area contributed by atoms with Gasteiger partial charge >= 0.3 is 0 Å². The fraction of sp³-hybridized carbons (Fsp3) is 0.364. The summed E-state index contributed by atoms with van der Waals surface area (Å²) in [5, 5.41) is 11.8. The SMILES string of the molecule is COC(CN)C(=O)NCc1ccc(O)cc1. The number of benzene rings is 1. The molecule has 5 heteroatoms. The molecule has 1 amide bonds. The first-order valence-electron chi connectivity index (χ1n) is 4.96. The summed E-state index contributed by atoms with van der Waals surface area (Å²) in [6, 6.07) is 6.61. The summed E-state index contributed by atoms with van der Waals surface area (Å²) < 4.78 is 4.89.